The molecule has 1 saturated carbocycles. The Kier molecular flexibility index (Phi) is 7.68. The van der Waals surface area contributed by atoms with Gasteiger partial charge in [0.2, 0.25) is 10.0 Å². The second kappa shape index (κ2) is 10.4. The molecular weight excluding hydrogens is 498 g/mol. The highest BCUT2D eigenvalue weighted by atomic mass is 35.5. The van der Waals surface area contributed by atoms with Crippen LogP contribution in [0.2, 0.25) is 5.02 Å². The zero-order chi connectivity index (χ0) is 25.3. The van der Waals surface area contributed by atoms with Gasteiger partial charge >= 0.3 is 0 Å². The van der Waals surface area contributed by atoms with E-state index in [4.69, 9.17) is 16.3 Å². The van der Waals surface area contributed by atoms with Gasteiger partial charge in [0.25, 0.3) is 5.91 Å². The number of halogens is 3. The number of hydrogen-bond donors (Lipinski definition) is 1. The number of piperidine rings is 1. The predicted molar refractivity (Wildman–Crippen MR) is 130 cm³/mol. The average molecular weight is 527 g/mol. The summed E-state index contributed by atoms with van der Waals surface area (Å²) in [5.74, 6) is -1.34. The molecule has 2 aliphatic rings. The van der Waals surface area contributed by atoms with Crippen molar-refractivity contribution in [1.29, 1.82) is 0 Å². The van der Waals surface area contributed by atoms with Crippen LogP contribution in [0.4, 0.5) is 8.78 Å². The van der Waals surface area contributed by atoms with Crippen molar-refractivity contribution in [2.75, 3.05) is 26.0 Å². The Morgan fingerprint density at radius 2 is 1.83 bits per heavy atom. The molecule has 0 spiro atoms. The van der Waals surface area contributed by atoms with Gasteiger partial charge in [-0.25, -0.2) is 21.9 Å². The summed E-state index contributed by atoms with van der Waals surface area (Å²) < 4.78 is 58.8. The Balaban J connectivity index is 1.37. The summed E-state index contributed by atoms with van der Waals surface area (Å²) in [7, 11) is -3.80. The molecule has 1 heterocycles. The topological polar surface area (TPSA) is 75.7 Å². The van der Waals surface area contributed by atoms with Crippen LogP contribution in [0.5, 0.6) is 5.75 Å². The standard InChI is InChI=1S/C25H29ClF2N2O4S/c1-15(18-5-6-22(27)21(26)11-18)30-9-7-16(8-10-30)14-34-24-13-23(28)20(12-19(24)17-3-4-17)25(31)29-35(2,32)33/h5-6,11-13,15-17H,3-4,7-10,14H2,1-2H3,(H,29,31). The molecule has 2 aromatic rings. The van der Waals surface area contributed by atoms with E-state index in [0.29, 0.717) is 18.3 Å². The van der Waals surface area contributed by atoms with Crippen LogP contribution < -0.4 is 9.46 Å². The van der Waals surface area contributed by atoms with Crippen molar-refractivity contribution >= 4 is 27.5 Å². The largest absolute Gasteiger partial charge is 0.493 e. The number of nitrogens with zero attached hydrogens (tertiary/aromatic N) is 1. The lowest BCUT2D eigenvalue weighted by Crippen LogP contribution is -2.37. The molecule has 35 heavy (non-hydrogen) atoms. The summed E-state index contributed by atoms with van der Waals surface area (Å²) in [6.07, 6.45) is 4.48. The molecule has 6 nitrogen and oxygen atoms in total. The van der Waals surface area contributed by atoms with Crippen molar-refractivity contribution in [3.05, 3.63) is 63.7 Å². The van der Waals surface area contributed by atoms with Crippen molar-refractivity contribution in [2.24, 2.45) is 5.92 Å². The van der Waals surface area contributed by atoms with Crippen molar-refractivity contribution in [2.45, 2.75) is 44.6 Å². The maximum absolute atomic E-state index is 14.7. The summed E-state index contributed by atoms with van der Waals surface area (Å²) in [4.78, 5) is 14.5. The quantitative estimate of drug-likeness (QED) is 0.522. The van der Waals surface area contributed by atoms with Gasteiger partial charge in [0, 0.05) is 12.1 Å². The maximum Gasteiger partial charge on any atom is 0.267 e. The highest BCUT2D eigenvalue weighted by Gasteiger charge is 2.31. The zero-order valence-corrected chi connectivity index (χ0v) is 21.3. The van der Waals surface area contributed by atoms with Crippen LogP contribution >= 0.6 is 11.6 Å². The molecule has 2 aromatic carbocycles. The summed E-state index contributed by atoms with van der Waals surface area (Å²) in [5, 5.41) is 0.121. The zero-order valence-electron chi connectivity index (χ0n) is 19.7. The smallest absolute Gasteiger partial charge is 0.267 e. The molecule has 1 aliphatic carbocycles. The minimum absolute atomic E-state index is 0.108. The first kappa shape index (κ1) is 25.9. The van der Waals surface area contributed by atoms with E-state index in [0.717, 1.165) is 56.2 Å². The molecule has 190 valence electrons. The van der Waals surface area contributed by atoms with Gasteiger partial charge in [-0.3, -0.25) is 9.69 Å². The van der Waals surface area contributed by atoms with E-state index >= 15 is 0 Å². The van der Waals surface area contributed by atoms with Gasteiger partial charge in [0.05, 0.1) is 23.4 Å². The third-order valence-electron chi connectivity index (χ3n) is 6.74. The molecule has 1 aliphatic heterocycles. The fourth-order valence-corrected chi connectivity index (χ4v) is 5.14. The number of ether oxygens (including phenoxy) is 1. The number of likely N-dealkylation sites (tertiary alicyclic amines) is 1. The molecule has 4 rings (SSSR count). The lowest BCUT2D eigenvalue weighted by atomic mass is 9.95. The van der Waals surface area contributed by atoms with Gasteiger partial charge in [-0.05, 0) is 86.9 Å². The Labute approximate surface area is 209 Å². The summed E-state index contributed by atoms with van der Waals surface area (Å²) >= 11 is 5.94. The molecule has 0 bridgehead atoms. The summed E-state index contributed by atoms with van der Waals surface area (Å²) in [6.45, 7) is 4.20. The first-order valence-electron chi connectivity index (χ1n) is 11.7. The third kappa shape index (κ3) is 6.51. The lowest BCUT2D eigenvalue weighted by molar-refractivity contribution is 0.0977. The minimum atomic E-state index is -3.80. The van der Waals surface area contributed by atoms with Gasteiger partial charge in [-0.1, -0.05) is 17.7 Å². The molecule has 1 N–H and O–H groups in total. The minimum Gasteiger partial charge on any atom is -0.493 e. The first-order valence-corrected chi connectivity index (χ1v) is 14.0. The molecule has 0 aromatic heterocycles. The molecule has 1 saturated heterocycles. The fourth-order valence-electron chi connectivity index (χ4n) is 4.51. The van der Waals surface area contributed by atoms with Gasteiger partial charge < -0.3 is 4.74 Å². The molecular formula is C25H29ClF2N2O4S. The van der Waals surface area contributed by atoms with Crippen molar-refractivity contribution in [1.82, 2.24) is 9.62 Å². The van der Waals surface area contributed by atoms with Crippen LogP contribution in [-0.2, 0) is 10.0 Å². The second-order valence-corrected chi connectivity index (χ2v) is 11.6. The number of sulfonamides is 1. The molecule has 10 heteroatoms. The predicted octanol–water partition coefficient (Wildman–Crippen LogP) is 5.04. The Bertz CT molecular complexity index is 1210. The highest BCUT2D eigenvalue weighted by molar-refractivity contribution is 7.89. The molecule has 1 unspecified atom stereocenters. The van der Waals surface area contributed by atoms with Crippen molar-refractivity contribution in [3.63, 3.8) is 0 Å². The van der Waals surface area contributed by atoms with Crippen LogP contribution in [0.3, 0.4) is 0 Å². The molecule has 1 atom stereocenters. The van der Waals surface area contributed by atoms with E-state index in [1.54, 1.807) is 12.1 Å². The van der Waals surface area contributed by atoms with Gasteiger partial charge in [-0.15, -0.1) is 0 Å². The van der Waals surface area contributed by atoms with Crippen LogP contribution in [0.15, 0.2) is 30.3 Å². The molecule has 2 fully saturated rings. The molecule has 0 radical (unpaired) electrons. The number of carbonyl (C=O) groups excluding carboxylic acids is 1. The average Bonchev–Trinajstić information content (AvgIpc) is 3.63. The van der Waals surface area contributed by atoms with Crippen LogP contribution in [0, 0.1) is 17.6 Å². The molecule has 1 amide bonds. The Hall–Kier alpha value is -2.23. The normalized spacial score (nSPS) is 18.3. The SMILES string of the molecule is CC(c1ccc(F)c(Cl)c1)N1CCC(COc2cc(F)c(C(=O)NS(C)(=O)=O)cc2C2CC2)CC1. The Morgan fingerprint density at radius 1 is 1.14 bits per heavy atom. The van der Waals surface area contributed by atoms with Crippen LogP contribution in [-0.4, -0.2) is 45.2 Å². The maximum atomic E-state index is 14.7. The number of nitrogens with one attached hydrogen (secondary N) is 1. The third-order valence-corrected chi connectivity index (χ3v) is 7.58. The number of hydrogen-bond acceptors (Lipinski definition) is 5. The van der Waals surface area contributed by atoms with Gasteiger partial charge in [0.15, 0.2) is 0 Å². The van der Waals surface area contributed by atoms with Crippen LogP contribution in [0.25, 0.3) is 0 Å². The summed E-state index contributed by atoms with van der Waals surface area (Å²) in [6, 6.07) is 7.54. The van der Waals surface area contributed by atoms with Crippen LogP contribution in [0.1, 0.15) is 66.1 Å². The first-order chi connectivity index (χ1) is 16.5. The lowest BCUT2D eigenvalue weighted by Gasteiger charge is -2.36. The fraction of sp³-hybridized carbons (Fsp3) is 0.480. The van der Waals surface area contributed by atoms with Crippen molar-refractivity contribution < 1.29 is 26.7 Å². The summed E-state index contributed by atoms with van der Waals surface area (Å²) in [5.41, 5.74) is 1.41. The monoisotopic (exact) mass is 526 g/mol. The van der Waals surface area contributed by atoms with E-state index in [-0.39, 0.29) is 22.5 Å². The number of amides is 1. The van der Waals surface area contributed by atoms with Gasteiger partial charge in [-0.2, -0.15) is 0 Å². The van der Waals surface area contributed by atoms with E-state index in [1.165, 1.54) is 18.2 Å². The van der Waals surface area contributed by atoms with E-state index in [1.807, 2.05) is 4.72 Å². The highest BCUT2D eigenvalue weighted by Crippen LogP contribution is 2.45. The van der Waals surface area contributed by atoms with Gasteiger partial charge in [0.1, 0.15) is 17.4 Å². The van der Waals surface area contributed by atoms with Crippen molar-refractivity contribution in [3.8, 4) is 5.75 Å². The van der Waals surface area contributed by atoms with E-state index in [9.17, 15) is 22.0 Å². The number of rotatable bonds is 8. The Morgan fingerprint density at radius 3 is 2.43 bits per heavy atom. The van der Waals surface area contributed by atoms with E-state index < -0.39 is 27.6 Å². The number of benzene rings is 2. The second-order valence-electron chi connectivity index (χ2n) is 9.49. The number of carbonyl (C=O) groups is 1. The van der Waals surface area contributed by atoms with E-state index in [2.05, 4.69) is 11.8 Å².